The van der Waals surface area contributed by atoms with E-state index in [4.69, 9.17) is 20.8 Å². The maximum Gasteiger partial charge on any atom is 0.343 e. The van der Waals surface area contributed by atoms with E-state index >= 15 is 0 Å². The molecule has 1 aromatic heterocycles. The standard InChI is InChI=1S/C24H17ClO6S/c1-14-22(15-6-4-3-5-7-15)23(26)18-10-9-17(13-20(18)30-14)31-24(27)16-8-11-19(25)21(12-16)32(2,28)29/h3-13H,1-2H3. The van der Waals surface area contributed by atoms with Crippen molar-refractivity contribution in [2.75, 3.05) is 6.26 Å². The van der Waals surface area contributed by atoms with Gasteiger partial charge in [-0.05, 0) is 42.8 Å². The molecule has 0 saturated carbocycles. The molecule has 4 rings (SSSR count). The first-order valence-corrected chi connectivity index (χ1v) is 11.8. The third-order valence-electron chi connectivity index (χ3n) is 4.88. The van der Waals surface area contributed by atoms with Crippen molar-refractivity contribution in [2.24, 2.45) is 0 Å². The maximum atomic E-state index is 13.0. The average molecular weight is 469 g/mol. The molecule has 0 aliphatic heterocycles. The molecule has 3 aromatic carbocycles. The fraction of sp³-hybridized carbons (Fsp3) is 0.0833. The van der Waals surface area contributed by atoms with E-state index in [0.29, 0.717) is 16.7 Å². The highest BCUT2D eigenvalue weighted by Crippen LogP contribution is 2.27. The maximum absolute atomic E-state index is 13.0. The summed E-state index contributed by atoms with van der Waals surface area (Å²) >= 11 is 5.92. The topological polar surface area (TPSA) is 90.7 Å². The monoisotopic (exact) mass is 468 g/mol. The molecule has 1 heterocycles. The van der Waals surface area contributed by atoms with Gasteiger partial charge >= 0.3 is 5.97 Å². The minimum absolute atomic E-state index is 0.0150. The number of sulfone groups is 1. The lowest BCUT2D eigenvalue weighted by Crippen LogP contribution is -2.11. The van der Waals surface area contributed by atoms with Gasteiger partial charge in [-0.2, -0.15) is 0 Å². The van der Waals surface area contributed by atoms with Crippen LogP contribution < -0.4 is 10.2 Å². The summed E-state index contributed by atoms with van der Waals surface area (Å²) in [7, 11) is -3.62. The lowest BCUT2D eigenvalue weighted by molar-refractivity contribution is 0.0734. The highest BCUT2D eigenvalue weighted by molar-refractivity contribution is 7.90. The van der Waals surface area contributed by atoms with Crippen LogP contribution in [0.5, 0.6) is 5.75 Å². The minimum atomic E-state index is -3.62. The predicted octanol–water partition coefficient (Wildman–Crippen LogP) is 5.04. The molecular weight excluding hydrogens is 452 g/mol. The first-order chi connectivity index (χ1) is 15.1. The van der Waals surface area contributed by atoms with E-state index in [1.54, 1.807) is 6.92 Å². The Morgan fingerprint density at radius 1 is 1.00 bits per heavy atom. The zero-order valence-corrected chi connectivity index (χ0v) is 18.7. The number of ether oxygens (including phenoxy) is 1. The van der Waals surface area contributed by atoms with E-state index in [1.165, 1.54) is 30.3 Å². The van der Waals surface area contributed by atoms with Crippen LogP contribution in [0, 0.1) is 6.92 Å². The van der Waals surface area contributed by atoms with Crippen LogP contribution in [-0.4, -0.2) is 20.6 Å². The summed E-state index contributed by atoms with van der Waals surface area (Å²) in [6.45, 7) is 1.70. The Bertz CT molecular complexity index is 1520. The van der Waals surface area contributed by atoms with Crippen LogP contribution in [0.15, 0.2) is 80.8 Å². The lowest BCUT2D eigenvalue weighted by Gasteiger charge is -2.09. The molecule has 0 aliphatic rings. The van der Waals surface area contributed by atoms with Crippen molar-refractivity contribution in [3.8, 4) is 16.9 Å². The third-order valence-corrected chi connectivity index (χ3v) is 6.46. The molecule has 6 nitrogen and oxygen atoms in total. The molecule has 8 heteroatoms. The SMILES string of the molecule is Cc1oc2cc(OC(=O)c3ccc(Cl)c(S(C)(=O)=O)c3)ccc2c(=O)c1-c1ccccc1. The lowest BCUT2D eigenvalue weighted by atomic mass is 10.0. The van der Waals surface area contributed by atoms with E-state index < -0.39 is 15.8 Å². The minimum Gasteiger partial charge on any atom is -0.460 e. The van der Waals surface area contributed by atoms with Crippen molar-refractivity contribution in [2.45, 2.75) is 11.8 Å². The van der Waals surface area contributed by atoms with Gasteiger partial charge < -0.3 is 9.15 Å². The Balaban J connectivity index is 1.70. The molecular formula is C24H17ClO6S. The number of aryl methyl sites for hydroxylation is 1. The van der Waals surface area contributed by atoms with Gasteiger partial charge in [-0.1, -0.05) is 41.9 Å². The van der Waals surface area contributed by atoms with E-state index in [1.807, 2.05) is 30.3 Å². The van der Waals surface area contributed by atoms with Crippen molar-refractivity contribution in [3.63, 3.8) is 0 Å². The number of hydrogen-bond acceptors (Lipinski definition) is 6. The van der Waals surface area contributed by atoms with Gasteiger partial charge in [-0.15, -0.1) is 0 Å². The molecule has 0 amide bonds. The van der Waals surface area contributed by atoms with Crippen LogP contribution in [0.3, 0.4) is 0 Å². The fourth-order valence-corrected chi connectivity index (χ4v) is 4.67. The van der Waals surface area contributed by atoms with Crippen molar-refractivity contribution < 1.29 is 22.4 Å². The van der Waals surface area contributed by atoms with Gasteiger partial charge in [0.2, 0.25) is 5.43 Å². The molecule has 0 atom stereocenters. The summed E-state index contributed by atoms with van der Waals surface area (Å²) in [5, 5.41) is 0.362. The van der Waals surface area contributed by atoms with Crippen LogP contribution in [0.25, 0.3) is 22.1 Å². The predicted molar refractivity (Wildman–Crippen MR) is 122 cm³/mol. The van der Waals surface area contributed by atoms with Gasteiger partial charge in [0.05, 0.1) is 26.4 Å². The zero-order valence-electron chi connectivity index (χ0n) is 17.1. The van der Waals surface area contributed by atoms with Crippen molar-refractivity contribution in [1.82, 2.24) is 0 Å². The average Bonchev–Trinajstić information content (AvgIpc) is 2.73. The van der Waals surface area contributed by atoms with Crippen molar-refractivity contribution in [3.05, 3.63) is 93.3 Å². The van der Waals surface area contributed by atoms with Crippen molar-refractivity contribution >= 4 is 38.4 Å². The first-order valence-electron chi connectivity index (χ1n) is 9.50. The second-order valence-electron chi connectivity index (χ2n) is 7.19. The number of esters is 1. The quantitative estimate of drug-likeness (QED) is 0.307. The number of benzene rings is 3. The van der Waals surface area contributed by atoms with E-state index in [0.717, 1.165) is 17.9 Å². The number of rotatable bonds is 4. The molecule has 0 N–H and O–H groups in total. The summed E-state index contributed by atoms with van der Waals surface area (Å²) in [5.74, 6) is -0.188. The summed E-state index contributed by atoms with van der Waals surface area (Å²) in [4.78, 5) is 25.4. The van der Waals surface area contributed by atoms with E-state index in [2.05, 4.69) is 0 Å². The number of halogens is 1. The van der Waals surface area contributed by atoms with Crippen LogP contribution in [-0.2, 0) is 9.84 Å². The second-order valence-corrected chi connectivity index (χ2v) is 9.58. The van der Waals surface area contributed by atoms with E-state index in [9.17, 15) is 18.0 Å². The highest BCUT2D eigenvalue weighted by Gasteiger charge is 2.18. The van der Waals surface area contributed by atoms with Gasteiger partial charge in [-0.25, -0.2) is 13.2 Å². The molecule has 0 spiro atoms. The molecule has 4 aromatic rings. The van der Waals surface area contributed by atoms with Crippen LogP contribution in [0.2, 0.25) is 5.02 Å². The largest absolute Gasteiger partial charge is 0.460 e. The Morgan fingerprint density at radius 2 is 1.72 bits per heavy atom. The summed E-state index contributed by atoms with van der Waals surface area (Å²) in [5.41, 5.74) is 1.32. The molecule has 0 aliphatic carbocycles. The Morgan fingerprint density at radius 3 is 2.41 bits per heavy atom. The fourth-order valence-electron chi connectivity index (χ4n) is 3.37. The molecule has 0 fully saturated rings. The van der Waals surface area contributed by atoms with Crippen LogP contribution >= 0.6 is 11.6 Å². The molecule has 0 bridgehead atoms. The summed E-state index contributed by atoms with van der Waals surface area (Å²) in [6.07, 6.45) is 1.00. The van der Waals surface area contributed by atoms with Gasteiger partial charge in [0.15, 0.2) is 9.84 Å². The van der Waals surface area contributed by atoms with Gasteiger partial charge in [0.1, 0.15) is 17.1 Å². The third kappa shape index (κ3) is 4.17. The molecule has 0 unspecified atom stereocenters. The normalized spacial score (nSPS) is 11.5. The molecule has 162 valence electrons. The number of carbonyl (C=O) groups is 1. The Hall–Kier alpha value is -3.42. The summed E-state index contributed by atoms with van der Waals surface area (Å²) < 4.78 is 34.9. The molecule has 0 radical (unpaired) electrons. The van der Waals surface area contributed by atoms with Crippen molar-refractivity contribution in [1.29, 1.82) is 0 Å². The van der Waals surface area contributed by atoms with E-state index in [-0.39, 0.29) is 32.2 Å². The number of hydrogen-bond donors (Lipinski definition) is 0. The van der Waals surface area contributed by atoms with Crippen LogP contribution in [0.4, 0.5) is 0 Å². The Kier molecular flexibility index (Phi) is 5.62. The van der Waals surface area contributed by atoms with Gasteiger partial charge in [0, 0.05) is 12.3 Å². The zero-order chi connectivity index (χ0) is 23.0. The number of carbonyl (C=O) groups excluding carboxylic acids is 1. The number of fused-ring (bicyclic) bond motifs is 1. The first kappa shape index (κ1) is 21.8. The molecule has 32 heavy (non-hydrogen) atoms. The second kappa shape index (κ2) is 8.26. The highest BCUT2D eigenvalue weighted by atomic mass is 35.5. The smallest absolute Gasteiger partial charge is 0.343 e. The summed E-state index contributed by atoms with van der Waals surface area (Å²) in [6, 6.07) is 17.5. The van der Waals surface area contributed by atoms with Gasteiger partial charge in [-0.3, -0.25) is 4.79 Å². The Labute approximate surface area is 188 Å². The molecule has 0 saturated heterocycles. The van der Waals surface area contributed by atoms with Gasteiger partial charge in [0.25, 0.3) is 0 Å². The van der Waals surface area contributed by atoms with Crippen LogP contribution in [0.1, 0.15) is 16.1 Å².